The summed E-state index contributed by atoms with van der Waals surface area (Å²) in [7, 11) is 0. The minimum Gasteiger partial charge on any atom is -0.478 e. The first kappa shape index (κ1) is 25.3. The molecule has 4 heteroatoms. The molecule has 0 fully saturated rings. The standard InChI is InChI=1S/C27H42N2O2/c1-2-3-4-5-6-7-8-9-10-11-12-13-14-15-21-29(22-20-28-24-29)23-25-16-18-26(19-17-25)27(30)31/h16-20,22,24H,2-15,21,23H2,1H3/p+1. The van der Waals surface area contributed by atoms with E-state index >= 15 is 0 Å². The summed E-state index contributed by atoms with van der Waals surface area (Å²) in [5, 5.41) is 9.07. The van der Waals surface area contributed by atoms with E-state index in [4.69, 9.17) is 5.11 Å². The van der Waals surface area contributed by atoms with E-state index in [1.807, 2.05) is 24.7 Å². The first-order chi connectivity index (χ1) is 15.2. The molecule has 1 N–H and O–H groups in total. The number of carboxylic acid groups (broad SMARTS) is 1. The van der Waals surface area contributed by atoms with E-state index in [0.717, 1.165) is 23.1 Å². The zero-order valence-corrected chi connectivity index (χ0v) is 19.6. The van der Waals surface area contributed by atoms with Crippen LogP contribution in [-0.2, 0) is 6.54 Å². The Morgan fingerprint density at radius 2 is 1.32 bits per heavy atom. The number of carbonyl (C=O) groups is 1. The van der Waals surface area contributed by atoms with Gasteiger partial charge >= 0.3 is 5.97 Å². The molecule has 1 heterocycles. The third-order valence-corrected chi connectivity index (χ3v) is 6.35. The number of quaternary nitrogens is 1. The number of carboxylic acids is 1. The van der Waals surface area contributed by atoms with Crippen LogP contribution in [0.5, 0.6) is 0 Å². The molecule has 1 atom stereocenters. The van der Waals surface area contributed by atoms with Gasteiger partial charge in [-0.3, -0.25) is 0 Å². The van der Waals surface area contributed by atoms with Gasteiger partial charge in [-0.05, 0) is 25.0 Å². The summed E-state index contributed by atoms with van der Waals surface area (Å²) in [5.41, 5.74) is 1.49. The Bertz CT molecular complexity index is 667. The van der Waals surface area contributed by atoms with Crippen LogP contribution in [-0.4, -0.2) is 28.4 Å². The molecular weight excluding hydrogens is 384 g/mol. The van der Waals surface area contributed by atoms with E-state index in [1.165, 1.54) is 89.9 Å². The van der Waals surface area contributed by atoms with E-state index in [1.54, 1.807) is 12.1 Å². The largest absolute Gasteiger partial charge is 0.478 e. The van der Waals surface area contributed by atoms with Gasteiger partial charge in [0.2, 0.25) is 0 Å². The van der Waals surface area contributed by atoms with Gasteiger partial charge in [-0.2, -0.15) is 0 Å². The van der Waals surface area contributed by atoms with Crippen molar-refractivity contribution in [2.24, 2.45) is 4.99 Å². The molecule has 0 aromatic heterocycles. The van der Waals surface area contributed by atoms with Crippen LogP contribution in [0.25, 0.3) is 0 Å². The Morgan fingerprint density at radius 3 is 1.77 bits per heavy atom. The van der Waals surface area contributed by atoms with Gasteiger partial charge in [0.25, 0.3) is 0 Å². The van der Waals surface area contributed by atoms with Crippen molar-refractivity contribution in [3.8, 4) is 0 Å². The third kappa shape index (κ3) is 10.3. The molecule has 31 heavy (non-hydrogen) atoms. The normalized spacial score (nSPS) is 17.5. The van der Waals surface area contributed by atoms with Crippen molar-refractivity contribution in [3.05, 3.63) is 47.8 Å². The molecule has 0 aliphatic carbocycles. The molecule has 0 bridgehead atoms. The first-order valence-electron chi connectivity index (χ1n) is 12.6. The maximum Gasteiger partial charge on any atom is 0.335 e. The van der Waals surface area contributed by atoms with Crippen molar-refractivity contribution in [3.63, 3.8) is 0 Å². The van der Waals surface area contributed by atoms with Gasteiger partial charge in [0, 0.05) is 5.56 Å². The Kier molecular flexibility index (Phi) is 12.2. The molecule has 1 unspecified atom stereocenters. The molecule has 0 saturated heterocycles. The Balaban J connectivity index is 1.53. The van der Waals surface area contributed by atoms with E-state index in [-0.39, 0.29) is 0 Å². The number of hydrogen-bond donors (Lipinski definition) is 1. The molecule has 172 valence electrons. The van der Waals surface area contributed by atoms with Crippen molar-refractivity contribution >= 4 is 12.3 Å². The number of hydrogen-bond acceptors (Lipinski definition) is 2. The van der Waals surface area contributed by atoms with Gasteiger partial charge < -0.3 is 5.11 Å². The highest BCUT2D eigenvalue weighted by Gasteiger charge is 2.26. The van der Waals surface area contributed by atoms with Gasteiger partial charge in [0.1, 0.15) is 12.7 Å². The highest BCUT2D eigenvalue weighted by Crippen LogP contribution is 2.20. The number of nitrogens with zero attached hydrogens (tertiary/aromatic N) is 2. The molecule has 1 aliphatic rings. The average molecular weight is 428 g/mol. The van der Waals surface area contributed by atoms with E-state index in [2.05, 4.69) is 18.1 Å². The second-order valence-electron chi connectivity index (χ2n) is 9.15. The molecule has 1 aromatic rings. The van der Waals surface area contributed by atoms with Crippen LogP contribution < -0.4 is 0 Å². The van der Waals surface area contributed by atoms with Crippen LogP contribution in [0.15, 0.2) is 41.7 Å². The molecular formula is C27H43N2O2+. The fourth-order valence-electron chi connectivity index (χ4n) is 4.38. The van der Waals surface area contributed by atoms with Gasteiger partial charge in [-0.1, -0.05) is 96.1 Å². The number of aliphatic imine (C=N–C) groups is 1. The predicted molar refractivity (Wildman–Crippen MR) is 130 cm³/mol. The van der Waals surface area contributed by atoms with Gasteiger partial charge in [-0.25, -0.2) is 14.3 Å². The highest BCUT2D eigenvalue weighted by molar-refractivity contribution is 5.87. The van der Waals surface area contributed by atoms with Gasteiger partial charge in [0.05, 0.1) is 18.3 Å². The lowest BCUT2D eigenvalue weighted by atomic mass is 10.0. The second-order valence-corrected chi connectivity index (χ2v) is 9.15. The predicted octanol–water partition coefficient (Wildman–Crippen LogP) is 7.70. The fraction of sp³-hybridized carbons (Fsp3) is 0.630. The van der Waals surface area contributed by atoms with Crippen molar-refractivity contribution in [2.75, 3.05) is 6.54 Å². The van der Waals surface area contributed by atoms with Crippen LogP contribution in [0.3, 0.4) is 0 Å². The molecule has 4 nitrogen and oxygen atoms in total. The lowest BCUT2D eigenvalue weighted by Gasteiger charge is -2.27. The monoisotopic (exact) mass is 427 g/mol. The average Bonchev–Trinajstić information content (AvgIpc) is 3.23. The van der Waals surface area contributed by atoms with Crippen LogP contribution in [0.1, 0.15) is 113 Å². The van der Waals surface area contributed by atoms with Crippen LogP contribution in [0, 0.1) is 0 Å². The number of rotatable bonds is 18. The van der Waals surface area contributed by atoms with Crippen molar-refractivity contribution in [2.45, 2.75) is 103 Å². The van der Waals surface area contributed by atoms with Gasteiger partial charge in [-0.15, -0.1) is 0 Å². The Morgan fingerprint density at radius 1 is 0.806 bits per heavy atom. The van der Waals surface area contributed by atoms with Crippen molar-refractivity contribution in [1.29, 1.82) is 0 Å². The first-order valence-corrected chi connectivity index (χ1v) is 12.6. The summed E-state index contributed by atoms with van der Waals surface area (Å²) in [5.74, 6) is -0.875. The Labute approximate surface area is 189 Å². The molecule has 0 saturated carbocycles. The smallest absolute Gasteiger partial charge is 0.335 e. The van der Waals surface area contributed by atoms with E-state index in [9.17, 15) is 4.79 Å². The van der Waals surface area contributed by atoms with E-state index < -0.39 is 5.97 Å². The molecule has 1 aliphatic heterocycles. The topological polar surface area (TPSA) is 49.7 Å². The van der Waals surface area contributed by atoms with Crippen LogP contribution in [0.2, 0.25) is 0 Å². The molecule has 0 spiro atoms. The molecule has 1 aromatic carbocycles. The van der Waals surface area contributed by atoms with Crippen LogP contribution >= 0.6 is 0 Å². The van der Waals surface area contributed by atoms with Gasteiger partial charge in [0.15, 0.2) is 6.34 Å². The number of benzene rings is 1. The molecule has 0 radical (unpaired) electrons. The summed E-state index contributed by atoms with van der Waals surface area (Å²) < 4.78 is 0.741. The summed E-state index contributed by atoms with van der Waals surface area (Å²) in [6, 6.07) is 7.23. The number of aromatic carboxylic acids is 1. The number of unbranched alkanes of at least 4 members (excludes halogenated alkanes) is 13. The molecule has 2 rings (SSSR count). The summed E-state index contributed by atoms with van der Waals surface area (Å²) in [6.07, 6.45) is 25.3. The van der Waals surface area contributed by atoms with Crippen molar-refractivity contribution < 1.29 is 14.4 Å². The lowest BCUT2D eigenvalue weighted by Crippen LogP contribution is -2.39. The maximum atomic E-state index is 11.0. The zero-order valence-electron chi connectivity index (χ0n) is 19.6. The molecule has 0 amide bonds. The summed E-state index contributed by atoms with van der Waals surface area (Å²) in [4.78, 5) is 15.4. The fourth-order valence-corrected chi connectivity index (χ4v) is 4.38. The minimum atomic E-state index is -0.875. The lowest BCUT2D eigenvalue weighted by molar-refractivity contribution is -0.794. The zero-order chi connectivity index (χ0) is 22.2. The minimum absolute atomic E-state index is 0.341. The summed E-state index contributed by atoms with van der Waals surface area (Å²) in [6.45, 7) is 4.17. The third-order valence-electron chi connectivity index (χ3n) is 6.35. The maximum absolute atomic E-state index is 11.0. The van der Waals surface area contributed by atoms with Crippen molar-refractivity contribution in [1.82, 2.24) is 0 Å². The van der Waals surface area contributed by atoms with E-state index in [0.29, 0.717) is 5.56 Å². The van der Waals surface area contributed by atoms with Crippen LogP contribution in [0.4, 0.5) is 0 Å². The SMILES string of the molecule is CCCCCCCCCCCCCCCC[N+]1(Cc2ccc(C(=O)O)cc2)C=CN=C1. The Hall–Kier alpha value is -1.94. The quantitative estimate of drug-likeness (QED) is 0.193. The summed E-state index contributed by atoms with van der Waals surface area (Å²) >= 11 is 0. The second kappa shape index (κ2) is 15.0. The highest BCUT2D eigenvalue weighted by atomic mass is 16.4.